The van der Waals surface area contributed by atoms with Gasteiger partial charge in [-0.05, 0) is 25.8 Å². The molecule has 0 aromatic carbocycles. The third-order valence-electron chi connectivity index (χ3n) is 1.77. The molecular weight excluding hydrogens is 164 g/mol. The van der Waals surface area contributed by atoms with Gasteiger partial charge in [0, 0.05) is 6.04 Å². The molecule has 0 aliphatic heterocycles. The van der Waals surface area contributed by atoms with Crippen molar-refractivity contribution in [2.75, 3.05) is 13.1 Å². The van der Waals surface area contributed by atoms with E-state index in [0.717, 1.165) is 13.0 Å². The molecule has 0 aliphatic carbocycles. The van der Waals surface area contributed by atoms with Crippen LogP contribution in [0.25, 0.3) is 0 Å². The fraction of sp³-hybridized carbons (Fsp3) is 0.900. The largest absolute Gasteiger partial charge is 0.353 e. The van der Waals surface area contributed by atoms with E-state index in [-0.39, 0.29) is 11.9 Å². The lowest BCUT2D eigenvalue weighted by Crippen LogP contribution is -2.39. The molecule has 0 heterocycles. The molecule has 1 amide bonds. The summed E-state index contributed by atoms with van der Waals surface area (Å²) in [6.45, 7) is 9.62. The number of likely N-dealkylation sites (N-methyl/N-ethyl adjacent to an activating group) is 1. The minimum absolute atomic E-state index is 0.0926. The van der Waals surface area contributed by atoms with Crippen molar-refractivity contribution in [3.63, 3.8) is 0 Å². The lowest BCUT2D eigenvalue weighted by atomic mass is 10.1. The summed E-state index contributed by atoms with van der Waals surface area (Å²) in [5.41, 5.74) is 0. The Kier molecular flexibility index (Phi) is 6.59. The standard InChI is InChI=1S/C10H22N2O/c1-5-11-7-10(13)12-9(4)6-8(2)3/h8-9,11H,5-7H2,1-4H3,(H,12,13). The second-order valence-corrected chi connectivity index (χ2v) is 3.88. The smallest absolute Gasteiger partial charge is 0.234 e. The number of rotatable bonds is 6. The summed E-state index contributed by atoms with van der Waals surface area (Å²) < 4.78 is 0. The first kappa shape index (κ1) is 12.4. The van der Waals surface area contributed by atoms with Crippen LogP contribution in [-0.4, -0.2) is 25.0 Å². The predicted octanol–water partition coefficient (Wildman–Crippen LogP) is 1.15. The SMILES string of the molecule is CCNCC(=O)NC(C)CC(C)C. The topological polar surface area (TPSA) is 41.1 Å². The average molecular weight is 186 g/mol. The van der Waals surface area contributed by atoms with Gasteiger partial charge in [0.15, 0.2) is 0 Å². The average Bonchev–Trinajstić information content (AvgIpc) is 1.98. The highest BCUT2D eigenvalue weighted by Crippen LogP contribution is 2.03. The van der Waals surface area contributed by atoms with Crippen molar-refractivity contribution in [1.29, 1.82) is 0 Å². The Hall–Kier alpha value is -0.570. The zero-order valence-corrected chi connectivity index (χ0v) is 9.18. The number of carbonyl (C=O) groups is 1. The molecule has 0 aromatic rings. The molecule has 0 spiro atoms. The van der Waals surface area contributed by atoms with E-state index in [0.29, 0.717) is 12.5 Å². The number of amides is 1. The first-order valence-corrected chi connectivity index (χ1v) is 5.06. The number of nitrogens with one attached hydrogen (secondary N) is 2. The van der Waals surface area contributed by atoms with Crippen molar-refractivity contribution in [2.45, 2.75) is 40.2 Å². The van der Waals surface area contributed by atoms with Gasteiger partial charge in [0.25, 0.3) is 0 Å². The zero-order valence-electron chi connectivity index (χ0n) is 9.18. The molecule has 1 atom stereocenters. The molecule has 0 aliphatic rings. The van der Waals surface area contributed by atoms with E-state index < -0.39 is 0 Å². The highest BCUT2D eigenvalue weighted by Gasteiger charge is 2.07. The number of hydrogen-bond donors (Lipinski definition) is 2. The number of carbonyl (C=O) groups excluding carboxylic acids is 1. The van der Waals surface area contributed by atoms with Gasteiger partial charge in [-0.2, -0.15) is 0 Å². The Morgan fingerprint density at radius 1 is 1.31 bits per heavy atom. The van der Waals surface area contributed by atoms with Crippen molar-refractivity contribution in [3.05, 3.63) is 0 Å². The maximum absolute atomic E-state index is 11.2. The van der Waals surface area contributed by atoms with Gasteiger partial charge >= 0.3 is 0 Å². The lowest BCUT2D eigenvalue weighted by Gasteiger charge is -2.15. The van der Waals surface area contributed by atoms with Gasteiger partial charge in [-0.1, -0.05) is 20.8 Å². The van der Waals surface area contributed by atoms with E-state index in [9.17, 15) is 4.79 Å². The molecule has 0 rings (SSSR count). The fourth-order valence-electron chi connectivity index (χ4n) is 1.33. The van der Waals surface area contributed by atoms with Crippen molar-refractivity contribution in [1.82, 2.24) is 10.6 Å². The molecule has 0 radical (unpaired) electrons. The van der Waals surface area contributed by atoms with E-state index >= 15 is 0 Å². The number of hydrogen-bond acceptors (Lipinski definition) is 2. The van der Waals surface area contributed by atoms with Crippen LogP contribution in [0.15, 0.2) is 0 Å². The predicted molar refractivity (Wildman–Crippen MR) is 55.6 cm³/mol. The third kappa shape index (κ3) is 7.78. The molecule has 1 unspecified atom stereocenters. The second kappa shape index (κ2) is 6.89. The van der Waals surface area contributed by atoms with E-state index in [1.165, 1.54) is 0 Å². The zero-order chi connectivity index (χ0) is 10.3. The lowest BCUT2D eigenvalue weighted by molar-refractivity contribution is -0.120. The quantitative estimate of drug-likeness (QED) is 0.653. The van der Waals surface area contributed by atoms with Crippen molar-refractivity contribution >= 4 is 5.91 Å². The van der Waals surface area contributed by atoms with Crippen LogP contribution in [0.4, 0.5) is 0 Å². The Balaban J connectivity index is 3.53. The van der Waals surface area contributed by atoms with Gasteiger partial charge in [-0.3, -0.25) is 4.79 Å². The van der Waals surface area contributed by atoms with Gasteiger partial charge in [-0.25, -0.2) is 0 Å². The summed E-state index contributed by atoms with van der Waals surface area (Å²) in [6, 6.07) is 0.283. The Labute approximate surface area is 81.3 Å². The second-order valence-electron chi connectivity index (χ2n) is 3.88. The molecule has 0 aromatic heterocycles. The highest BCUT2D eigenvalue weighted by molar-refractivity contribution is 5.78. The van der Waals surface area contributed by atoms with Crippen LogP contribution in [0.3, 0.4) is 0 Å². The maximum Gasteiger partial charge on any atom is 0.234 e. The molecule has 0 saturated carbocycles. The van der Waals surface area contributed by atoms with Gasteiger partial charge in [0.05, 0.1) is 6.54 Å². The molecule has 0 fully saturated rings. The van der Waals surface area contributed by atoms with Crippen LogP contribution in [0.2, 0.25) is 0 Å². The van der Waals surface area contributed by atoms with Crippen LogP contribution in [-0.2, 0) is 4.79 Å². The maximum atomic E-state index is 11.2. The minimum Gasteiger partial charge on any atom is -0.353 e. The Morgan fingerprint density at radius 2 is 1.92 bits per heavy atom. The molecule has 3 nitrogen and oxygen atoms in total. The van der Waals surface area contributed by atoms with Gasteiger partial charge in [0.2, 0.25) is 5.91 Å². The summed E-state index contributed by atoms with van der Waals surface area (Å²) in [5.74, 6) is 0.726. The van der Waals surface area contributed by atoms with Crippen molar-refractivity contribution in [3.8, 4) is 0 Å². The van der Waals surface area contributed by atoms with Crippen LogP contribution >= 0.6 is 0 Å². The van der Waals surface area contributed by atoms with Crippen LogP contribution in [0.1, 0.15) is 34.1 Å². The molecule has 0 bridgehead atoms. The first-order chi connectivity index (χ1) is 6.06. The summed E-state index contributed by atoms with van der Waals surface area (Å²) in [6.07, 6.45) is 1.04. The summed E-state index contributed by atoms with van der Waals surface area (Å²) in [7, 11) is 0. The molecule has 78 valence electrons. The third-order valence-corrected chi connectivity index (χ3v) is 1.77. The molecule has 3 heteroatoms. The summed E-state index contributed by atoms with van der Waals surface area (Å²) >= 11 is 0. The molecular formula is C10H22N2O. The first-order valence-electron chi connectivity index (χ1n) is 5.06. The summed E-state index contributed by atoms with van der Waals surface area (Å²) in [5, 5.41) is 5.94. The van der Waals surface area contributed by atoms with Gasteiger partial charge in [-0.15, -0.1) is 0 Å². The normalized spacial score (nSPS) is 13.0. The van der Waals surface area contributed by atoms with Gasteiger partial charge in [0.1, 0.15) is 0 Å². The Morgan fingerprint density at radius 3 is 2.38 bits per heavy atom. The van der Waals surface area contributed by atoms with Crippen LogP contribution in [0, 0.1) is 5.92 Å². The molecule has 13 heavy (non-hydrogen) atoms. The van der Waals surface area contributed by atoms with Crippen LogP contribution in [0.5, 0.6) is 0 Å². The monoisotopic (exact) mass is 186 g/mol. The van der Waals surface area contributed by atoms with E-state index in [2.05, 4.69) is 24.5 Å². The van der Waals surface area contributed by atoms with Crippen molar-refractivity contribution in [2.24, 2.45) is 5.92 Å². The molecule has 0 saturated heterocycles. The fourth-order valence-corrected chi connectivity index (χ4v) is 1.33. The van der Waals surface area contributed by atoms with E-state index in [1.54, 1.807) is 0 Å². The van der Waals surface area contributed by atoms with Gasteiger partial charge < -0.3 is 10.6 Å². The van der Waals surface area contributed by atoms with Crippen LogP contribution < -0.4 is 10.6 Å². The summed E-state index contributed by atoms with van der Waals surface area (Å²) in [4.78, 5) is 11.2. The highest BCUT2D eigenvalue weighted by atomic mass is 16.1. The molecule has 2 N–H and O–H groups in total. The van der Waals surface area contributed by atoms with Crippen molar-refractivity contribution < 1.29 is 4.79 Å². The van der Waals surface area contributed by atoms with E-state index in [4.69, 9.17) is 0 Å². The minimum atomic E-state index is 0.0926. The van der Waals surface area contributed by atoms with E-state index in [1.807, 2.05) is 13.8 Å². The Bertz CT molecular complexity index is 146.